The van der Waals surface area contributed by atoms with E-state index in [1.807, 2.05) is 13.8 Å². The quantitative estimate of drug-likeness (QED) is 0.867. The molecule has 1 aromatic carbocycles. The number of nitrogens with zero attached hydrogens (tertiary/aromatic N) is 1. The van der Waals surface area contributed by atoms with Gasteiger partial charge in [0, 0.05) is 11.6 Å². The van der Waals surface area contributed by atoms with Crippen LogP contribution in [0.3, 0.4) is 0 Å². The third kappa shape index (κ3) is 3.61. The van der Waals surface area contributed by atoms with E-state index < -0.39 is 23.8 Å². The van der Waals surface area contributed by atoms with Crippen molar-refractivity contribution in [1.29, 1.82) is 0 Å². The van der Waals surface area contributed by atoms with Crippen LogP contribution in [0.1, 0.15) is 19.4 Å². The van der Waals surface area contributed by atoms with Crippen LogP contribution in [-0.2, 0) is 16.0 Å². The summed E-state index contributed by atoms with van der Waals surface area (Å²) in [6.07, 6.45) is 0.229. The fourth-order valence-electron chi connectivity index (χ4n) is 2.28. The first-order valence-corrected chi connectivity index (χ1v) is 7.17. The number of halogens is 1. The molecule has 0 saturated carbocycles. The van der Waals surface area contributed by atoms with Gasteiger partial charge in [0.05, 0.1) is 0 Å². The van der Waals surface area contributed by atoms with E-state index in [9.17, 15) is 14.4 Å². The minimum Gasteiger partial charge on any atom is -0.277 e. The third-order valence-corrected chi connectivity index (χ3v) is 3.47. The van der Waals surface area contributed by atoms with Crippen LogP contribution in [0.5, 0.6) is 0 Å². The van der Waals surface area contributed by atoms with Gasteiger partial charge in [-0.2, -0.15) is 0 Å². The highest BCUT2D eigenvalue weighted by molar-refractivity contribution is 6.30. The topological polar surface area (TPSA) is 66.5 Å². The molecule has 0 radical (unpaired) electrons. The zero-order chi connectivity index (χ0) is 15.6. The number of benzene rings is 1. The SMILES string of the molecule is CC(C)CN1C(=O)NC(=O)C(Cc2cccc(Cl)c2)C1=O. The van der Waals surface area contributed by atoms with Gasteiger partial charge in [0.1, 0.15) is 5.92 Å². The summed E-state index contributed by atoms with van der Waals surface area (Å²) in [5.74, 6) is -1.75. The normalized spacial score (nSPS) is 19.1. The molecule has 0 aliphatic carbocycles. The average molecular weight is 309 g/mol. The number of hydrogen-bond acceptors (Lipinski definition) is 3. The molecule has 0 aromatic heterocycles. The second-order valence-corrected chi connectivity index (χ2v) is 5.96. The van der Waals surface area contributed by atoms with E-state index in [1.165, 1.54) is 0 Å². The maximum absolute atomic E-state index is 12.4. The van der Waals surface area contributed by atoms with Crippen LogP contribution in [0, 0.1) is 11.8 Å². The first kappa shape index (κ1) is 15.5. The van der Waals surface area contributed by atoms with Gasteiger partial charge in [0.2, 0.25) is 11.8 Å². The zero-order valence-electron chi connectivity index (χ0n) is 11.9. The number of carbonyl (C=O) groups is 3. The van der Waals surface area contributed by atoms with Crippen LogP contribution in [-0.4, -0.2) is 29.3 Å². The first-order valence-electron chi connectivity index (χ1n) is 6.79. The summed E-state index contributed by atoms with van der Waals surface area (Å²) < 4.78 is 0. The van der Waals surface area contributed by atoms with Crippen LogP contribution < -0.4 is 5.32 Å². The molecular formula is C15H17ClN2O3. The van der Waals surface area contributed by atoms with Gasteiger partial charge in [-0.25, -0.2) is 4.79 Å². The number of rotatable bonds is 4. The molecule has 6 heteroatoms. The molecule has 1 aromatic rings. The van der Waals surface area contributed by atoms with Crippen LogP contribution in [0.15, 0.2) is 24.3 Å². The lowest BCUT2D eigenvalue weighted by atomic mass is 9.95. The number of urea groups is 1. The van der Waals surface area contributed by atoms with Crippen molar-refractivity contribution in [1.82, 2.24) is 10.2 Å². The van der Waals surface area contributed by atoms with Gasteiger partial charge in [-0.1, -0.05) is 37.6 Å². The van der Waals surface area contributed by atoms with Gasteiger partial charge in [0.25, 0.3) is 0 Å². The predicted molar refractivity (Wildman–Crippen MR) is 78.7 cm³/mol. The van der Waals surface area contributed by atoms with E-state index in [-0.39, 0.29) is 12.3 Å². The Morgan fingerprint density at radius 2 is 2.00 bits per heavy atom. The van der Waals surface area contributed by atoms with Crippen LogP contribution in [0.25, 0.3) is 0 Å². The van der Waals surface area contributed by atoms with Gasteiger partial charge >= 0.3 is 6.03 Å². The van der Waals surface area contributed by atoms with Gasteiger partial charge in [-0.05, 0) is 30.0 Å². The van der Waals surface area contributed by atoms with E-state index in [0.717, 1.165) is 10.5 Å². The Bertz CT molecular complexity index is 586. The van der Waals surface area contributed by atoms with Crippen molar-refractivity contribution in [2.24, 2.45) is 11.8 Å². The van der Waals surface area contributed by atoms with Crippen molar-refractivity contribution in [3.63, 3.8) is 0 Å². The van der Waals surface area contributed by atoms with Gasteiger partial charge < -0.3 is 0 Å². The van der Waals surface area contributed by atoms with Crippen LogP contribution in [0.2, 0.25) is 5.02 Å². The van der Waals surface area contributed by atoms with Crippen molar-refractivity contribution >= 4 is 29.4 Å². The molecule has 2 rings (SSSR count). The Kier molecular flexibility index (Phi) is 4.63. The molecule has 0 spiro atoms. The van der Waals surface area contributed by atoms with E-state index in [4.69, 9.17) is 11.6 Å². The smallest absolute Gasteiger partial charge is 0.277 e. The minimum atomic E-state index is -0.889. The molecule has 5 nitrogen and oxygen atoms in total. The van der Waals surface area contributed by atoms with E-state index in [2.05, 4.69) is 5.32 Å². The molecule has 1 atom stereocenters. The Labute approximate surface area is 128 Å². The summed E-state index contributed by atoms with van der Waals surface area (Å²) in [6, 6.07) is 6.37. The molecule has 1 heterocycles. The lowest BCUT2D eigenvalue weighted by Gasteiger charge is -2.31. The number of carbonyl (C=O) groups excluding carboxylic acids is 3. The second kappa shape index (κ2) is 6.26. The maximum atomic E-state index is 12.4. The summed E-state index contributed by atoms with van der Waals surface area (Å²) >= 11 is 5.91. The standard InChI is InChI=1S/C15H17ClN2O3/c1-9(2)8-18-14(20)12(13(19)17-15(18)21)7-10-4-3-5-11(16)6-10/h3-6,9,12H,7-8H2,1-2H3,(H,17,19,21). The van der Waals surface area contributed by atoms with Crippen molar-refractivity contribution in [2.45, 2.75) is 20.3 Å². The number of hydrogen-bond donors (Lipinski definition) is 1. The fourth-order valence-corrected chi connectivity index (χ4v) is 2.49. The molecule has 4 amide bonds. The van der Waals surface area contributed by atoms with E-state index in [0.29, 0.717) is 11.6 Å². The highest BCUT2D eigenvalue weighted by Crippen LogP contribution is 2.19. The summed E-state index contributed by atoms with van der Waals surface area (Å²) in [4.78, 5) is 37.2. The maximum Gasteiger partial charge on any atom is 0.330 e. The lowest BCUT2D eigenvalue weighted by Crippen LogP contribution is -2.59. The predicted octanol–water partition coefficient (Wildman–Crippen LogP) is 2.23. The molecule has 112 valence electrons. The van der Waals surface area contributed by atoms with E-state index >= 15 is 0 Å². The molecule has 1 N–H and O–H groups in total. The summed E-state index contributed by atoms with van der Waals surface area (Å²) in [5, 5.41) is 2.79. The highest BCUT2D eigenvalue weighted by Gasteiger charge is 2.40. The highest BCUT2D eigenvalue weighted by atomic mass is 35.5. The Balaban J connectivity index is 2.19. The van der Waals surface area contributed by atoms with Crippen LogP contribution >= 0.6 is 11.6 Å². The average Bonchev–Trinajstić information content (AvgIpc) is 2.39. The number of barbiturate groups is 1. The largest absolute Gasteiger partial charge is 0.330 e. The molecule has 1 unspecified atom stereocenters. The molecule has 1 aliphatic heterocycles. The summed E-state index contributed by atoms with van der Waals surface area (Å²) in [5.41, 5.74) is 0.787. The Hall–Kier alpha value is -1.88. The monoisotopic (exact) mass is 308 g/mol. The minimum absolute atomic E-state index is 0.139. The van der Waals surface area contributed by atoms with Gasteiger partial charge in [-0.3, -0.25) is 19.8 Å². The fraction of sp³-hybridized carbons (Fsp3) is 0.400. The number of amides is 4. The molecule has 1 aliphatic rings. The molecule has 21 heavy (non-hydrogen) atoms. The van der Waals surface area contributed by atoms with Crippen molar-refractivity contribution in [3.8, 4) is 0 Å². The molecule has 1 saturated heterocycles. The molecule has 0 bridgehead atoms. The summed E-state index contributed by atoms with van der Waals surface area (Å²) in [7, 11) is 0. The lowest BCUT2D eigenvalue weighted by molar-refractivity contribution is -0.142. The number of imide groups is 2. The Morgan fingerprint density at radius 3 is 2.62 bits per heavy atom. The number of nitrogens with one attached hydrogen (secondary N) is 1. The van der Waals surface area contributed by atoms with E-state index in [1.54, 1.807) is 24.3 Å². The third-order valence-electron chi connectivity index (χ3n) is 3.23. The zero-order valence-corrected chi connectivity index (χ0v) is 12.7. The Morgan fingerprint density at radius 1 is 1.29 bits per heavy atom. The van der Waals surface area contributed by atoms with Gasteiger partial charge in [0.15, 0.2) is 0 Å². The second-order valence-electron chi connectivity index (χ2n) is 5.52. The first-order chi connectivity index (χ1) is 9.88. The van der Waals surface area contributed by atoms with Crippen molar-refractivity contribution in [3.05, 3.63) is 34.9 Å². The van der Waals surface area contributed by atoms with Crippen LogP contribution in [0.4, 0.5) is 4.79 Å². The summed E-state index contributed by atoms with van der Waals surface area (Å²) in [6.45, 7) is 4.11. The molecule has 1 fully saturated rings. The van der Waals surface area contributed by atoms with Crippen molar-refractivity contribution < 1.29 is 14.4 Å². The van der Waals surface area contributed by atoms with Gasteiger partial charge in [-0.15, -0.1) is 0 Å². The molecular weight excluding hydrogens is 292 g/mol. The van der Waals surface area contributed by atoms with Crippen molar-refractivity contribution in [2.75, 3.05) is 6.54 Å².